The molecule has 2 heterocycles. The third-order valence-electron chi connectivity index (χ3n) is 11.8. The van der Waals surface area contributed by atoms with E-state index in [-0.39, 0.29) is 70.1 Å². The predicted molar refractivity (Wildman–Crippen MR) is 272 cm³/mol. The Morgan fingerprint density at radius 3 is 2.20 bits per heavy atom. The van der Waals surface area contributed by atoms with Gasteiger partial charge in [-0.25, -0.2) is 24.5 Å². The van der Waals surface area contributed by atoms with Crippen LogP contribution in [0.5, 0.6) is 0 Å². The number of hydrazine groups is 1. The number of H-pyrrole nitrogens is 1. The Labute approximate surface area is 421 Å². The number of ether oxygens (including phenoxy) is 2. The molecule has 0 saturated carbocycles. The highest BCUT2D eigenvalue weighted by Gasteiger charge is 2.45. The van der Waals surface area contributed by atoms with Gasteiger partial charge in [0, 0.05) is 36.5 Å². The SMILES string of the molecule is CSCCC(C(N)=O)N(C(=O)CCC(C)C)N1CC[C@H](NC(=O)[C@H](CC(C)C)NC(=O)[C@@H](Cc2c[nH]c3ccccc23)N(C(=O)OCc2ccccc2)C(=O)[C@H](CCCCN)NC(=O)OC(C)(C)C)C1=O. The van der Waals surface area contributed by atoms with E-state index in [4.69, 9.17) is 20.9 Å². The van der Waals surface area contributed by atoms with Crippen molar-refractivity contribution < 1.29 is 47.8 Å². The van der Waals surface area contributed by atoms with Gasteiger partial charge in [0.2, 0.25) is 23.6 Å². The van der Waals surface area contributed by atoms with Crippen LogP contribution in [0.3, 0.4) is 0 Å². The van der Waals surface area contributed by atoms with E-state index in [0.717, 1.165) is 10.5 Å². The molecule has 1 aliphatic heterocycles. The number of aromatic amines is 1. The monoisotopic (exact) mass is 1010 g/mol. The van der Waals surface area contributed by atoms with E-state index < -0.39 is 83.4 Å². The van der Waals surface area contributed by atoms with Crippen LogP contribution in [0.25, 0.3) is 10.9 Å². The lowest BCUT2D eigenvalue weighted by Gasteiger charge is -2.37. The van der Waals surface area contributed by atoms with Gasteiger partial charge in [-0.15, -0.1) is 0 Å². The number of para-hydroxylation sites is 1. The predicted octanol–water partition coefficient (Wildman–Crippen LogP) is 5.30. The number of nitrogens with one attached hydrogen (secondary N) is 4. The maximum Gasteiger partial charge on any atom is 0.417 e. The molecule has 20 heteroatoms. The second-order valence-corrected chi connectivity index (χ2v) is 20.7. The molecule has 390 valence electrons. The van der Waals surface area contributed by atoms with Gasteiger partial charge in [-0.2, -0.15) is 11.8 Å². The molecular weight excluding hydrogens is 931 g/mol. The van der Waals surface area contributed by atoms with Crippen LogP contribution in [0.2, 0.25) is 0 Å². The van der Waals surface area contributed by atoms with Crippen molar-refractivity contribution in [3.05, 3.63) is 71.9 Å². The number of carbonyl (C=O) groups is 8. The van der Waals surface area contributed by atoms with E-state index in [1.165, 1.54) is 16.8 Å². The van der Waals surface area contributed by atoms with Crippen LogP contribution in [0.15, 0.2) is 60.8 Å². The number of carbonyl (C=O) groups excluding carboxylic acids is 8. The number of thioether (sulfide) groups is 1. The van der Waals surface area contributed by atoms with Crippen LogP contribution in [-0.2, 0) is 51.3 Å². The zero-order valence-electron chi connectivity index (χ0n) is 42.5. The molecule has 0 bridgehead atoms. The summed E-state index contributed by atoms with van der Waals surface area (Å²) in [6.07, 6.45) is 2.90. The first-order valence-corrected chi connectivity index (χ1v) is 25.9. The number of hydrogen-bond acceptors (Lipinski definition) is 12. The average Bonchev–Trinajstić information content (AvgIpc) is 3.89. The fourth-order valence-corrected chi connectivity index (χ4v) is 8.67. The normalized spacial score (nSPS) is 15.5. The van der Waals surface area contributed by atoms with Gasteiger partial charge in [0.05, 0.1) is 0 Å². The Bertz CT molecular complexity index is 2280. The Hall–Kier alpha value is -6.15. The van der Waals surface area contributed by atoms with Crippen molar-refractivity contribution in [1.29, 1.82) is 0 Å². The minimum absolute atomic E-state index is 0.0000897. The fourth-order valence-electron chi connectivity index (χ4n) is 8.21. The standard InChI is InChI=1S/C51H75N9O10S/c1-32(2)21-22-43(61)60(41(44(53)62)24-27-71-8)58-26-23-39(47(58)65)55-45(63)40(28-33(3)4)56-46(64)42(29-35-30-54-37-19-13-12-18-36(35)37)59(50(68)69-31-34-16-10-9-11-17-34)48(66)38(20-14-15-25-52)57-49(67)70-51(5,6)7/h9-13,16-19,30,32-33,38-42,54H,14-15,20-29,31,52H2,1-8H3,(H2,53,62)(H,55,63)(H,56,64)(H,57,67)/t38-,39-,40-,41?,42+/m0/s1. The van der Waals surface area contributed by atoms with Crippen molar-refractivity contribution in [3.8, 4) is 0 Å². The number of amides is 8. The summed E-state index contributed by atoms with van der Waals surface area (Å²) in [6.45, 7) is 12.6. The molecule has 0 radical (unpaired) electrons. The number of imide groups is 1. The lowest BCUT2D eigenvalue weighted by atomic mass is 9.99. The van der Waals surface area contributed by atoms with E-state index in [9.17, 15) is 28.8 Å². The second-order valence-electron chi connectivity index (χ2n) is 19.7. The Morgan fingerprint density at radius 2 is 1.56 bits per heavy atom. The molecule has 3 aromatic rings. The molecule has 2 aromatic carbocycles. The number of rotatable bonds is 26. The highest BCUT2D eigenvalue weighted by molar-refractivity contribution is 7.98. The Balaban J connectivity index is 1.76. The van der Waals surface area contributed by atoms with Crippen molar-refractivity contribution in [1.82, 2.24) is 35.9 Å². The summed E-state index contributed by atoms with van der Waals surface area (Å²) in [5.74, 6) is -3.99. The molecule has 1 fully saturated rings. The van der Waals surface area contributed by atoms with Crippen molar-refractivity contribution in [2.24, 2.45) is 23.3 Å². The average molecular weight is 1010 g/mol. The van der Waals surface area contributed by atoms with E-state index in [2.05, 4.69) is 20.9 Å². The first-order valence-electron chi connectivity index (χ1n) is 24.5. The van der Waals surface area contributed by atoms with E-state index in [1.807, 2.05) is 52.1 Å². The van der Waals surface area contributed by atoms with Gasteiger partial charge in [-0.3, -0.25) is 28.8 Å². The molecule has 0 aliphatic carbocycles. The number of nitrogens with two attached hydrogens (primary N) is 2. The van der Waals surface area contributed by atoms with Crippen LogP contribution in [0.4, 0.5) is 9.59 Å². The number of fused-ring (bicyclic) bond motifs is 1. The third kappa shape index (κ3) is 17.3. The summed E-state index contributed by atoms with van der Waals surface area (Å²) in [5, 5.41) is 11.3. The Morgan fingerprint density at radius 1 is 0.873 bits per heavy atom. The van der Waals surface area contributed by atoms with Gasteiger partial charge in [0.25, 0.3) is 11.8 Å². The lowest BCUT2D eigenvalue weighted by Crippen LogP contribution is -2.61. The molecule has 1 unspecified atom stereocenters. The van der Waals surface area contributed by atoms with Crippen LogP contribution < -0.4 is 27.4 Å². The largest absolute Gasteiger partial charge is 0.444 e. The number of alkyl carbamates (subject to hydrolysis) is 1. The number of hydrogen-bond donors (Lipinski definition) is 6. The maximum absolute atomic E-state index is 15.2. The van der Waals surface area contributed by atoms with E-state index in [0.29, 0.717) is 46.4 Å². The molecular formula is C51H75N9O10S. The van der Waals surface area contributed by atoms with Gasteiger partial charge in [-0.05, 0) is 113 Å². The highest BCUT2D eigenvalue weighted by atomic mass is 32.2. The zero-order chi connectivity index (χ0) is 52.4. The molecule has 4 rings (SSSR count). The van der Waals surface area contributed by atoms with Gasteiger partial charge in [0.1, 0.15) is 42.4 Å². The first kappa shape index (κ1) is 57.4. The summed E-state index contributed by atoms with van der Waals surface area (Å²) in [6, 6.07) is 9.39. The van der Waals surface area contributed by atoms with Crippen LogP contribution in [0.1, 0.15) is 111 Å². The van der Waals surface area contributed by atoms with Gasteiger partial charge in [0.15, 0.2) is 0 Å². The van der Waals surface area contributed by atoms with E-state index in [1.54, 1.807) is 63.4 Å². The van der Waals surface area contributed by atoms with Crippen molar-refractivity contribution >= 4 is 70.3 Å². The third-order valence-corrected chi connectivity index (χ3v) is 12.4. The lowest BCUT2D eigenvalue weighted by molar-refractivity contribution is -0.168. The quantitative estimate of drug-likeness (QED) is 0.0560. The fraction of sp³-hybridized carbons (Fsp3) is 0.569. The Kier molecular flexibility index (Phi) is 22.2. The topological polar surface area (TPSA) is 269 Å². The second kappa shape index (κ2) is 27.5. The van der Waals surface area contributed by atoms with Gasteiger partial charge < -0.3 is 41.9 Å². The van der Waals surface area contributed by atoms with Crippen molar-refractivity contribution in [2.75, 3.05) is 25.1 Å². The van der Waals surface area contributed by atoms with E-state index >= 15 is 9.59 Å². The van der Waals surface area contributed by atoms with Gasteiger partial charge in [-0.1, -0.05) is 76.2 Å². The summed E-state index contributed by atoms with van der Waals surface area (Å²) < 4.78 is 11.3. The summed E-state index contributed by atoms with van der Waals surface area (Å²) in [5.41, 5.74) is 12.6. The maximum atomic E-state index is 15.2. The zero-order valence-corrected chi connectivity index (χ0v) is 43.3. The van der Waals surface area contributed by atoms with Crippen LogP contribution in [0, 0.1) is 11.8 Å². The molecule has 0 spiro atoms. The smallest absolute Gasteiger partial charge is 0.417 e. The minimum atomic E-state index is -1.68. The van der Waals surface area contributed by atoms with Crippen molar-refractivity contribution in [3.63, 3.8) is 0 Å². The molecule has 1 aromatic heterocycles. The van der Waals surface area contributed by atoms with Gasteiger partial charge >= 0.3 is 12.2 Å². The molecule has 1 aliphatic rings. The van der Waals surface area contributed by atoms with Crippen LogP contribution in [-0.4, -0.2) is 128 Å². The molecule has 5 atom stereocenters. The molecule has 8 amide bonds. The summed E-state index contributed by atoms with van der Waals surface area (Å²) in [7, 11) is 0. The summed E-state index contributed by atoms with van der Waals surface area (Å²) >= 11 is 1.46. The molecule has 8 N–H and O–H groups in total. The number of unbranched alkanes of at least 4 members (excludes halogenated alkanes) is 1. The van der Waals surface area contributed by atoms with Crippen molar-refractivity contribution in [2.45, 2.75) is 149 Å². The van der Waals surface area contributed by atoms with Crippen LogP contribution >= 0.6 is 11.8 Å². The molecule has 1 saturated heterocycles. The first-order chi connectivity index (χ1) is 33.6. The number of primary amides is 1. The number of aromatic nitrogens is 1. The molecule has 71 heavy (non-hydrogen) atoms. The minimum Gasteiger partial charge on any atom is -0.444 e. The highest BCUT2D eigenvalue weighted by Crippen LogP contribution is 2.25. The number of benzene rings is 2. The summed E-state index contributed by atoms with van der Waals surface area (Å²) in [4.78, 5) is 117. The number of nitrogens with zero attached hydrogens (tertiary/aromatic N) is 3. The molecule has 19 nitrogen and oxygen atoms in total.